The molecule has 2 heteroatoms. The fraction of sp³-hybridized carbons (Fsp3) is 0.300. The van der Waals surface area contributed by atoms with E-state index in [2.05, 4.69) is 11.9 Å². The summed E-state index contributed by atoms with van der Waals surface area (Å²) in [4.78, 5) is 4.50. The molecule has 2 nitrogen and oxygen atoms in total. The highest BCUT2D eigenvalue weighted by Gasteiger charge is 2.27. The Kier molecular flexibility index (Phi) is 0.888. The summed E-state index contributed by atoms with van der Waals surface area (Å²) < 4.78 is 5.55. The average molecular weight is 159 g/mol. The summed E-state index contributed by atoms with van der Waals surface area (Å²) in [6.07, 6.45) is 0. The van der Waals surface area contributed by atoms with Crippen molar-refractivity contribution in [3.63, 3.8) is 0 Å². The normalized spacial score (nSPS) is 21.8. The van der Waals surface area contributed by atoms with Crippen molar-refractivity contribution in [2.75, 3.05) is 0 Å². The van der Waals surface area contributed by atoms with Crippen LogP contribution in [0, 0.1) is 0 Å². The Labute approximate surface area is 70.2 Å². The number of rotatable bonds is 0. The lowest BCUT2D eigenvalue weighted by Gasteiger charge is -1.96. The molecule has 0 fully saturated rings. The van der Waals surface area contributed by atoms with Crippen LogP contribution >= 0.6 is 0 Å². The molecule has 3 heterocycles. The van der Waals surface area contributed by atoms with E-state index in [0.29, 0.717) is 0 Å². The van der Waals surface area contributed by atoms with Gasteiger partial charge in [-0.05, 0) is 26.0 Å². The number of furan rings is 2. The molecular weight excluding hydrogens is 150 g/mol. The van der Waals surface area contributed by atoms with E-state index in [9.17, 15) is 0 Å². The summed E-state index contributed by atoms with van der Waals surface area (Å²) in [7, 11) is 0. The van der Waals surface area contributed by atoms with Crippen molar-refractivity contribution in [1.82, 2.24) is 0 Å². The van der Waals surface area contributed by atoms with Crippen LogP contribution in [0.1, 0.15) is 31.0 Å². The molecule has 1 aliphatic rings. The Balaban J connectivity index is 2.47. The summed E-state index contributed by atoms with van der Waals surface area (Å²) in [5, 5.41) is 0. The van der Waals surface area contributed by atoms with Crippen LogP contribution in [0.4, 0.5) is 0 Å². The van der Waals surface area contributed by atoms with Gasteiger partial charge in [0.2, 0.25) is 0 Å². The molecule has 2 aromatic heterocycles. The third-order valence-electron chi connectivity index (χ3n) is 2.55. The maximum atomic E-state index is 5.55. The second-order valence-corrected chi connectivity index (χ2v) is 3.34. The van der Waals surface area contributed by atoms with Gasteiger partial charge in [-0.2, -0.15) is 0 Å². The Hall–Kier alpha value is -1.31. The first-order valence-electron chi connectivity index (χ1n) is 4.17. The van der Waals surface area contributed by atoms with Gasteiger partial charge < -0.3 is 4.42 Å². The van der Waals surface area contributed by atoms with Crippen LogP contribution in [0.25, 0.3) is 11.2 Å². The SMILES string of the molecule is CC1=NC(C)c2c1c1ccc2o1. The molecule has 60 valence electrons. The van der Waals surface area contributed by atoms with Crippen molar-refractivity contribution in [1.29, 1.82) is 0 Å². The fourth-order valence-electron chi connectivity index (χ4n) is 2.08. The number of nitrogens with zero attached hydrogens (tertiary/aromatic N) is 1. The van der Waals surface area contributed by atoms with Crippen LogP contribution in [0.15, 0.2) is 21.5 Å². The maximum Gasteiger partial charge on any atom is 0.137 e. The minimum atomic E-state index is 0.289. The monoisotopic (exact) mass is 159 g/mol. The Morgan fingerprint density at radius 2 is 2.08 bits per heavy atom. The second-order valence-electron chi connectivity index (χ2n) is 3.34. The zero-order valence-corrected chi connectivity index (χ0v) is 7.09. The summed E-state index contributed by atoms with van der Waals surface area (Å²) in [5.74, 6) is 0. The summed E-state index contributed by atoms with van der Waals surface area (Å²) >= 11 is 0. The molecule has 0 radical (unpaired) electrons. The van der Waals surface area contributed by atoms with Gasteiger partial charge in [-0.25, -0.2) is 0 Å². The van der Waals surface area contributed by atoms with Crippen LogP contribution in [0.2, 0.25) is 0 Å². The largest absolute Gasteiger partial charge is 0.456 e. The van der Waals surface area contributed by atoms with Crippen molar-refractivity contribution >= 4 is 16.9 Å². The number of hydrogen-bond acceptors (Lipinski definition) is 2. The van der Waals surface area contributed by atoms with E-state index in [1.54, 1.807) is 0 Å². The predicted molar refractivity (Wildman–Crippen MR) is 48.0 cm³/mol. The molecule has 0 saturated heterocycles. The highest BCUT2D eigenvalue weighted by Crippen LogP contribution is 2.39. The Bertz CT molecular complexity index is 466. The average Bonchev–Trinajstić information content (AvgIpc) is 2.64. The minimum absolute atomic E-state index is 0.289. The molecule has 1 unspecified atom stereocenters. The topological polar surface area (TPSA) is 25.5 Å². The summed E-state index contributed by atoms with van der Waals surface area (Å²) in [6, 6.07) is 4.33. The Morgan fingerprint density at radius 3 is 2.83 bits per heavy atom. The van der Waals surface area contributed by atoms with E-state index in [1.165, 1.54) is 11.1 Å². The number of fused-ring (bicyclic) bond motifs is 5. The number of aliphatic imine (C=N–C) groups is 1. The molecule has 2 aromatic rings. The highest BCUT2D eigenvalue weighted by molar-refractivity contribution is 6.10. The van der Waals surface area contributed by atoms with Crippen LogP contribution in [0.5, 0.6) is 0 Å². The predicted octanol–water partition coefficient (Wildman–Crippen LogP) is 2.75. The first kappa shape index (κ1) is 6.23. The fourth-order valence-corrected chi connectivity index (χ4v) is 2.08. The molecule has 2 bridgehead atoms. The smallest absolute Gasteiger partial charge is 0.137 e. The number of benzene rings is 1. The second kappa shape index (κ2) is 1.71. The molecule has 1 atom stereocenters. The van der Waals surface area contributed by atoms with Gasteiger partial charge in [0.1, 0.15) is 11.2 Å². The van der Waals surface area contributed by atoms with Crippen LogP contribution < -0.4 is 0 Å². The van der Waals surface area contributed by atoms with Gasteiger partial charge in [0.25, 0.3) is 0 Å². The minimum Gasteiger partial charge on any atom is -0.456 e. The molecular formula is C10H9NO. The molecule has 1 aliphatic heterocycles. The van der Waals surface area contributed by atoms with E-state index < -0.39 is 0 Å². The highest BCUT2D eigenvalue weighted by atomic mass is 16.3. The van der Waals surface area contributed by atoms with Gasteiger partial charge in [0.05, 0.1) is 6.04 Å². The lowest BCUT2D eigenvalue weighted by molar-refractivity contribution is 0.667. The molecule has 3 rings (SSSR count). The van der Waals surface area contributed by atoms with Crippen molar-refractivity contribution in [3.05, 3.63) is 23.3 Å². The molecule has 12 heavy (non-hydrogen) atoms. The van der Waals surface area contributed by atoms with E-state index in [1.807, 2.05) is 19.1 Å². The first-order valence-corrected chi connectivity index (χ1v) is 4.17. The van der Waals surface area contributed by atoms with Gasteiger partial charge >= 0.3 is 0 Å². The van der Waals surface area contributed by atoms with Gasteiger partial charge in [-0.15, -0.1) is 0 Å². The van der Waals surface area contributed by atoms with Gasteiger partial charge in [0, 0.05) is 16.8 Å². The molecule has 0 aromatic carbocycles. The quantitative estimate of drug-likeness (QED) is 0.580. The van der Waals surface area contributed by atoms with Crippen molar-refractivity contribution in [2.45, 2.75) is 19.9 Å². The van der Waals surface area contributed by atoms with Gasteiger partial charge in [0.15, 0.2) is 0 Å². The van der Waals surface area contributed by atoms with Crippen LogP contribution in [-0.4, -0.2) is 5.71 Å². The van der Waals surface area contributed by atoms with E-state index in [4.69, 9.17) is 4.42 Å². The Morgan fingerprint density at radius 1 is 1.33 bits per heavy atom. The van der Waals surface area contributed by atoms with Crippen LogP contribution in [-0.2, 0) is 0 Å². The third kappa shape index (κ3) is 0.512. The summed E-state index contributed by atoms with van der Waals surface area (Å²) in [6.45, 7) is 4.15. The maximum absolute atomic E-state index is 5.55. The van der Waals surface area contributed by atoms with Crippen molar-refractivity contribution in [2.24, 2.45) is 4.99 Å². The molecule has 0 saturated carbocycles. The van der Waals surface area contributed by atoms with Gasteiger partial charge in [-0.1, -0.05) is 0 Å². The molecule has 0 spiro atoms. The molecule has 0 aliphatic carbocycles. The van der Waals surface area contributed by atoms with E-state index >= 15 is 0 Å². The van der Waals surface area contributed by atoms with Crippen molar-refractivity contribution < 1.29 is 4.42 Å². The lowest BCUT2D eigenvalue weighted by Crippen LogP contribution is -1.88. The summed E-state index contributed by atoms with van der Waals surface area (Å²) in [5.41, 5.74) is 5.63. The zero-order valence-electron chi connectivity index (χ0n) is 7.09. The third-order valence-corrected chi connectivity index (χ3v) is 2.55. The van der Waals surface area contributed by atoms with E-state index in [-0.39, 0.29) is 6.04 Å². The van der Waals surface area contributed by atoms with E-state index in [0.717, 1.165) is 16.9 Å². The van der Waals surface area contributed by atoms with Crippen molar-refractivity contribution in [3.8, 4) is 0 Å². The first-order chi connectivity index (χ1) is 5.77. The zero-order chi connectivity index (χ0) is 8.29. The lowest BCUT2D eigenvalue weighted by atomic mass is 10.0. The van der Waals surface area contributed by atoms with Gasteiger partial charge in [-0.3, -0.25) is 4.99 Å². The molecule has 0 amide bonds. The standard InChI is InChI=1S/C10H9NO/c1-5-9-7-3-4-8(12-7)10(9)6(2)11-5/h3-5H,1-2H3. The number of hydrogen-bond donors (Lipinski definition) is 0. The van der Waals surface area contributed by atoms with Crippen LogP contribution in [0.3, 0.4) is 0 Å². The molecule has 0 N–H and O–H groups in total.